The minimum atomic E-state index is -0.778. The Morgan fingerprint density at radius 1 is 1.32 bits per heavy atom. The smallest absolute Gasteiger partial charge is 0.325 e. The second-order valence-electron chi connectivity index (χ2n) is 3.98. The van der Waals surface area contributed by atoms with E-state index in [0.29, 0.717) is 5.75 Å². The highest BCUT2D eigenvalue weighted by Gasteiger charge is 2.21. The summed E-state index contributed by atoms with van der Waals surface area (Å²) in [6.45, 7) is 1.41. The molecule has 1 aromatic rings. The van der Waals surface area contributed by atoms with Crippen LogP contribution in [0.5, 0.6) is 5.75 Å². The molecule has 0 fully saturated rings. The quantitative estimate of drug-likeness (QED) is 0.754. The normalized spacial score (nSPS) is 11.6. The number of esters is 1. The van der Waals surface area contributed by atoms with Crippen molar-refractivity contribution in [1.29, 1.82) is 0 Å². The molecule has 0 aliphatic heterocycles. The first-order valence-electron chi connectivity index (χ1n) is 5.68. The molecular formula is C13H16FNO4. The third-order valence-electron chi connectivity index (χ3n) is 2.44. The first kappa shape index (κ1) is 14.9. The van der Waals surface area contributed by atoms with Crippen LogP contribution in [-0.4, -0.2) is 43.6 Å². The summed E-state index contributed by atoms with van der Waals surface area (Å²) in [6.07, 6.45) is -0.778. The van der Waals surface area contributed by atoms with Crippen LogP contribution < -0.4 is 4.74 Å². The summed E-state index contributed by atoms with van der Waals surface area (Å²) in [6, 6.07) is 5.34. The Morgan fingerprint density at radius 3 is 2.42 bits per heavy atom. The van der Waals surface area contributed by atoms with Crippen LogP contribution in [0.4, 0.5) is 4.39 Å². The molecular weight excluding hydrogens is 253 g/mol. The minimum absolute atomic E-state index is 0.146. The molecule has 0 radical (unpaired) electrons. The van der Waals surface area contributed by atoms with Gasteiger partial charge in [-0.05, 0) is 31.2 Å². The number of halogens is 1. The summed E-state index contributed by atoms with van der Waals surface area (Å²) >= 11 is 0. The van der Waals surface area contributed by atoms with E-state index in [2.05, 4.69) is 4.74 Å². The van der Waals surface area contributed by atoms with Gasteiger partial charge < -0.3 is 14.4 Å². The van der Waals surface area contributed by atoms with E-state index in [9.17, 15) is 14.0 Å². The number of likely N-dealkylation sites (N-methyl/N-ethyl adjacent to an activating group) is 1. The number of nitrogens with zero attached hydrogens (tertiary/aromatic N) is 1. The van der Waals surface area contributed by atoms with Crippen LogP contribution in [0.2, 0.25) is 0 Å². The summed E-state index contributed by atoms with van der Waals surface area (Å²) in [5.74, 6) is -0.873. The van der Waals surface area contributed by atoms with Gasteiger partial charge in [0.1, 0.15) is 18.1 Å². The Hall–Kier alpha value is -2.11. The number of benzene rings is 1. The fourth-order valence-corrected chi connectivity index (χ4v) is 1.41. The van der Waals surface area contributed by atoms with Gasteiger partial charge in [-0.2, -0.15) is 0 Å². The Bertz CT molecular complexity index is 446. The zero-order valence-corrected chi connectivity index (χ0v) is 11.1. The summed E-state index contributed by atoms with van der Waals surface area (Å²) in [7, 11) is 2.73. The summed E-state index contributed by atoms with van der Waals surface area (Å²) in [5, 5.41) is 0. The van der Waals surface area contributed by atoms with E-state index in [1.807, 2.05) is 0 Å². The number of rotatable bonds is 5. The fourth-order valence-electron chi connectivity index (χ4n) is 1.41. The third kappa shape index (κ3) is 4.57. The van der Waals surface area contributed by atoms with Crippen molar-refractivity contribution < 1.29 is 23.5 Å². The molecule has 1 amide bonds. The zero-order chi connectivity index (χ0) is 14.4. The van der Waals surface area contributed by atoms with Crippen molar-refractivity contribution in [3.8, 4) is 5.75 Å². The summed E-state index contributed by atoms with van der Waals surface area (Å²) < 4.78 is 22.5. The van der Waals surface area contributed by atoms with Crippen LogP contribution in [0.1, 0.15) is 6.92 Å². The lowest BCUT2D eigenvalue weighted by Gasteiger charge is -2.21. The second-order valence-corrected chi connectivity index (χ2v) is 3.98. The largest absolute Gasteiger partial charge is 0.481 e. The SMILES string of the molecule is COC(=O)CN(C)C(=O)C(C)Oc1ccc(F)cc1. The monoisotopic (exact) mass is 269 g/mol. The van der Waals surface area contributed by atoms with Crippen molar-refractivity contribution in [1.82, 2.24) is 4.90 Å². The highest BCUT2D eigenvalue weighted by molar-refractivity contribution is 5.84. The highest BCUT2D eigenvalue weighted by Crippen LogP contribution is 2.13. The number of methoxy groups -OCH3 is 1. The average Bonchev–Trinajstić information content (AvgIpc) is 2.40. The molecule has 0 aliphatic carbocycles. The summed E-state index contributed by atoms with van der Waals surface area (Å²) in [5.41, 5.74) is 0. The molecule has 0 bridgehead atoms. The molecule has 0 saturated heterocycles. The van der Waals surface area contributed by atoms with Gasteiger partial charge in [0.15, 0.2) is 6.10 Å². The molecule has 5 nitrogen and oxygen atoms in total. The molecule has 1 atom stereocenters. The number of amides is 1. The van der Waals surface area contributed by atoms with Gasteiger partial charge in [-0.15, -0.1) is 0 Å². The minimum Gasteiger partial charge on any atom is -0.481 e. The Balaban J connectivity index is 2.57. The molecule has 1 unspecified atom stereocenters. The van der Waals surface area contributed by atoms with Gasteiger partial charge >= 0.3 is 5.97 Å². The Kier molecular flexibility index (Phi) is 5.29. The molecule has 0 N–H and O–H groups in total. The number of hydrogen-bond acceptors (Lipinski definition) is 4. The van der Waals surface area contributed by atoms with Gasteiger partial charge in [-0.25, -0.2) is 4.39 Å². The topological polar surface area (TPSA) is 55.8 Å². The summed E-state index contributed by atoms with van der Waals surface area (Å²) in [4.78, 5) is 24.1. The van der Waals surface area contributed by atoms with E-state index < -0.39 is 12.1 Å². The maximum Gasteiger partial charge on any atom is 0.325 e. The Morgan fingerprint density at radius 2 is 1.89 bits per heavy atom. The Labute approximate surface area is 110 Å². The van der Waals surface area contributed by atoms with E-state index in [0.717, 1.165) is 0 Å². The molecule has 6 heteroatoms. The highest BCUT2D eigenvalue weighted by atomic mass is 19.1. The van der Waals surface area contributed by atoms with Crippen molar-refractivity contribution in [2.24, 2.45) is 0 Å². The fraction of sp³-hybridized carbons (Fsp3) is 0.385. The molecule has 0 saturated carbocycles. The maximum absolute atomic E-state index is 12.7. The first-order valence-corrected chi connectivity index (χ1v) is 5.68. The standard InChI is InChI=1S/C13H16FNO4/c1-9(13(17)15(2)8-12(16)18-3)19-11-6-4-10(14)5-7-11/h4-7,9H,8H2,1-3H3. The van der Waals surface area contributed by atoms with Gasteiger partial charge in [0.05, 0.1) is 7.11 Å². The van der Waals surface area contributed by atoms with Crippen molar-refractivity contribution in [2.75, 3.05) is 20.7 Å². The van der Waals surface area contributed by atoms with Gasteiger partial charge in [0, 0.05) is 7.05 Å². The second kappa shape index (κ2) is 6.72. The number of ether oxygens (including phenoxy) is 2. The number of carbonyl (C=O) groups is 2. The van der Waals surface area contributed by atoms with Crippen LogP contribution in [0.3, 0.4) is 0 Å². The number of carbonyl (C=O) groups excluding carboxylic acids is 2. The van der Waals surface area contributed by atoms with E-state index in [-0.39, 0.29) is 18.3 Å². The first-order chi connectivity index (χ1) is 8.93. The van der Waals surface area contributed by atoms with Crippen LogP contribution in [0, 0.1) is 5.82 Å². The van der Waals surface area contributed by atoms with Crippen molar-refractivity contribution in [3.05, 3.63) is 30.1 Å². The van der Waals surface area contributed by atoms with E-state index in [1.165, 1.54) is 43.3 Å². The van der Waals surface area contributed by atoms with Gasteiger partial charge in [-0.3, -0.25) is 9.59 Å². The van der Waals surface area contributed by atoms with Crippen LogP contribution in [0.25, 0.3) is 0 Å². The van der Waals surface area contributed by atoms with Gasteiger partial charge in [0.2, 0.25) is 0 Å². The average molecular weight is 269 g/mol. The molecule has 1 aromatic carbocycles. The van der Waals surface area contributed by atoms with E-state index in [4.69, 9.17) is 4.74 Å². The lowest BCUT2D eigenvalue weighted by atomic mass is 10.3. The maximum atomic E-state index is 12.7. The predicted molar refractivity (Wildman–Crippen MR) is 66.1 cm³/mol. The van der Waals surface area contributed by atoms with Crippen molar-refractivity contribution in [3.63, 3.8) is 0 Å². The lowest BCUT2D eigenvalue weighted by Crippen LogP contribution is -2.40. The molecule has 0 aromatic heterocycles. The zero-order valence-electron chi connectivity index (χ0n) is 11.1. The van der Waals surface area contributed by atoms with E-state index in [1.54, 1.807) is 6.92 Å². The lowest BCUT2D eigenvalue weighted by molar-refractivity contribution is -0.148. The van der Waals surface area contributed by atoms with Crippen molar-refractivity contribution in [2.45, 2.75) is 13.0 Å². The molecule has 1 rings (SSSR count). The van der Waals surface area contributed by atoms with Crippen LogP contribution in [-0.2, 0) is 14.3 Å². The molecule has 0 aliphatic rings. The molecule has 19 heavy (non-hydrogen) atoms. The van der Waals surface area contributed by atoms with Gasteiger partial charge in [-0.1, -0.05) is 0 Å². The molecule has 104 valence electrons. The molecule has 0 spiro atoms. The van der Waals surface area contributed by atoms with Gasteiger partial charge in [0.25, 0.3) is 5.91 Å². The number of hydrogen-bond donors (Lipinski definition) is 0. The third-order valence-corrected chi connectivity index (χ3v) is 2.44. The van der Waals surface area contributed by atoms with E-state index >= 15 is 0 Å². The van der Waals surface area contributed by atoms with Crippen LogP contribution >= 0.6 is 0 Å². The molecule has 0 heterocycles. The predicted octanol–water partition coefficient (Wildman–Crippen LogP) is 1.22. The van der Waals surface area contributed by atoms with Crippen LogP contribution in [0.15, 0.2) is 24.3 Å². The van der Waals surface area contributed by atoms with Crippen molar-refractivity contribution >= 4 is 11.9 Å².